The fourth-order valence-corrected chi connectivity index (χ4v) is 2.00. The molecule has 92 valence electrons. The first kappa shape index (κ1) is 12.9. The Labute approximate surface area is 115 Å². The van der Waals surface area contributed by atoms with Gasteiger partial charge in [0.25, 0.3) is 0 Å². The normalized spacial score (nSPS) is 12.1. The maximum atomic E-state index is 8.83. The summed E-state index contributed by atoms with van der Waals surface area (Å²) in [7, 11) is 0. The third-order valence-electron chi connectivity index (χ3n) is 2.69. The van der Waals surface area contributed by atoms with E-state index in [-0.39, 0.29) is 6.04 Å². The van der Waals surface area contributed by atoms with E-state index in [1.165, 1.54) is 0 Å². The zero-order valence-electron chi connectivity index (χ0n) is 9.98. The predicted molar refractivity (Wildman–Crippen MR) is 72.8 cm³/mol. The summed E-state index contributed by atoms with van der Waals surface area (Å²) in [6, 6.07) is 13.7. The zero-order valence-corrected chi connectivity index (χ0v) is 11.6. The Balaban J connectivity index is 1.97. The Morgan fingerprint density at radius 1 is 1.39 bits per heavy atom. The lowest BCUT2D eigenvalue weighted by Crippen LogP contribution is -2.17. The molecule has 0 spiro atoms. The molecule has 0 saturated heterocycles. The van der Waals surface area contributed by atoms with Crippen LogP contribution in [0.5, 0.6) is 0 Å². The van der Waals surface area contributed by atoms with Crippen LogP contribution in [0, 0.1) is 11.3 Å². The molecule has 0 bridgehead atoms. The molecule has 2 aromatic rings. The molecule has 1 aromatic carbocycles. The summed E-state index contributed by atoms with van der Waals surface area (Å²) in [5.41, 5.74) is 1.77. The molecular formula is C14H13BrN2O. The van der Waals surface area contributed by atoms with Gasteiger partial charge in [0.05, 0.1) is 17.7 Å². The van der Waals surface area contributed by atoms with Crippen molar-refractivity contribution < 1.29 is 4.42 Å². The van der Waals surface area contributed by atoms with Crippen LogP contribution in [0.15, 0.2) is 45.5 Å². The van der Waals surface area contributed by atoms with E-state index in [0.717, 1.165) is 16.0 Å². The van der Waals surface area contributed by atoms with Gasteiger partial charge in [-0.1, -0.05) is 12.1 Å². The maximum absolute atomic E-state index is 8.83. The number of hydrogen-bond donors (Lipinski definition) is 1. The lowest BCUT2D eigenvalue weighted by Gasteiger charge is -2.11. The molecule has 0 saturated carbocycles. The number of halogens is 1. The van der Waals surface area contributed by atoms with Gasteiger partial charge in [0.1, 0.15) is 5.76 Å². The van der Waals surface area contributed by atoms with Gasteiger partial charge in [0.15, 0.2) is 4.67 Å². The van der Waals surface area contributed by atoms with Gasteiger partial charge in [0, 0.05) is 6.54 Å². The maximum Gasteiger partial charge on any atom is 0.169 e. The monoisotopic (exact) mass is 304 g/mol. The van der Waals surface area contributed by atoms with Gasteiger partial charge in [-0.3, -0.25) is 0 Å². The lowest BCUT2D eigenvalue weighted by atomic mass is 10.1. The summed E-state index contributed by atoms with van der Waals surface area (Å²) in [4.78, 5) is 0. The number of nitriles is 1. The smallest absolute Gasteiger partial charge is 0.169 e. The minimum atomic E-state index is 0.127. The third kappa shape index (κ3) is 3.22. The Hall–Kier alpha value is -1.57. The van der Waals surface area contributed by atoms with E-state index in [1.807, 2.05) is 37.3 Å². The highest BCUT2D eigenvalue weighted by atomic mass is 79.9. The second-order valence-corrected chi connectivity index (χ2v) is 4.84. The van der Waals surface area contributed by atoms with E-state index in [1.54, 1.807) is 6.07 Å². The largest absolute Gasteiger partial charge is 0.453 e. The van der Waals surface area contributed by atoms with Crippen molar-refractivity contribution in [3.63, 3.8) is 0 Å². The van der Waals surface area contributed by atoms with Crippen LogP contribution in [0.25, 0.3) is 0 Å². The average molecular weight is 305 g/mol. The Kier molecular flexibility index (Phi) is 4.19. The summed E-state index contributed by atoms with van der Waals surface area (Å²) in [6.07, 6.45) is 0. The van der Waals surface area contributed by atoms with Crippen LogP contribution in [0.1, 0.15) is 29.9 Å². The van der Waals surface area contributed by atoms with Crippen molar-refractivity contribution in [2.24, 2.45) is 0 Å². The standard InChI is InChI=1S/C14H13BrN2O/c1-10(13-5-6-14(15)18-13)17-9-12-4-2-3-11(7-12)8-16/h2-7,10,17H,9H2,1H3. The highest BCUT2D eigenvalue weighted by Crippen LogP contribution is 2.20. The van der Waals surface area contributed by atoms with Crippen molar-refractivity contribution >= 4 is 15.9 Å². The molecule has 1 unspecified atom stereocenters. The highest BCUT2D eigenvalue weighted by Gasteiger charge is 2.09. The molecule has 1 heterocycles. The van der Waals surface area contributed by atoms with Gasteiger partial charge in [0.2, 0.25) is 0 Å². The van der Waals surface area contributed by atoms with Crippen molar-refractivity contribution in [2.75, 3.05) is 0 Å². The summed E-state index contributed by atoms with van der Waals surface area (Å²) >= 11 is 3.28. The molecule has 0 radical (unpaired) electrons. The van der Waals surface area contributed by atoms with Gasteiger partial charge >= 0.3 is 0 Å². The van der Waals surface area contributed by atoms with Gasteiger partial charge in [-0.05, 0) is 52.7 Å². The molecule has 0 aliphatic rings. The molecule has 3 nitrogen and oxygen atoms in total. The van der Waals surface area contributed by atoms with E-state index < -0.39 is 0 Å². The van der Waals surface area contributed by atoms with Crippen LogP contribution in [-0.4, -0.2) is 0 Å². The first-order chi connectivity index (χ1) is 8.69. The minimum Gasteiger partial charge on any atom is -0.453 e. The summed E-state index contributed by atoms with van der Waals surface area (Å²) in [5, 5.41) is 12.2. The topological polar surface area (TPSA) is 49.0 Å². The quantitative estimate of drug-likeness (QED) is 0.935. The Morgan fingerprint density at radius 3 is 2.89 bits per heavy atom. The number of nitrogens with zero attached hydrogens (tertiary/aromatic N) is 1. The van der Waals surface area contributed by atoms with Crippen molar-refractivity contribution in [3.05, 3.63) is 58.0 Å². The number of hydrogen-bond acceptors (Lipinski definition) is 3. The Bertz CT molecular complexity index is 571. The number of furan rings is 1. The zero-order chi connectivity index (χ0) is 13.0. The van der Waals surface area contributed by atoms with Gasteiger partial charge < -0.3 is 9.73 Å². The van der Waals surface area contributed by atoms with Crippen LogP contribution < -0.4 is 5.32 Å². The van der Waals surface area contributed by atoms with E-state index in [0.29, 0.717) is 12.1 Å². The van der Waals surface area contributed by atoms with Crippen LogP contribution in [0.4, 0.5) is 0 Å². The summed E-state index contributed by atoms with van der Waals surface area (Å²) in [5.74, 6) is 0.887. The molecule has 2 rings (SSSR count). The third-order valence-corrected chi connectivity index (χ3v) is 3.12. The fraction of sp³-hybridized carbons (Fsp3) is 0.214. The van der Waals surface area contributed by atoms with E-state index in [9.17, 15) is 0 Å². The van der Waals surface area contributed by atoms with Crippen LogP contribution in [-0.2, 0) is 6.54 Å². The molecule has 4 heteroatoms. The number of rotatable bonds is 4. The molecule has 0 aliphatic heterocycles. The fourth-order valence-electron chi connectivity index (χ4n) is 1.68. The first-order valence-electron chi connectivity index (χ1n) is 5.66. The van der Waals surface area contributed by atoms with E-state index in [4.69, 9.17) is 9.68 Å². The van der Waals surface area contributed by atoms with E-state index in [2.05, 4.69) is 27.3 Å². The van der Waals surface area contributed by atoms with Crippen LogP contribution >= 0.6 is 15.9 Å². The first-order valence-corrected chi connectivity index (χ1v) is 6.46. The molecule has 18 heavy (non-hydrogen) atoms. The molecule has 0 amide bonds. The van der Waals surface area contributed by atoms with E-state index >= 15 is 0 Å². The number of benzene rings is 1. The molecule has 1 aromatic heterocycles. The molecule has 1 N–H and O–H groups in total. The molecule has 0 fully saturated rings. The SMILES string of the molecule is CC(NCc1cccc(C#N)c1)c1ccc(Br)o1. The second-order valence-electron chi connectivity index (χ2n) is 4.06. The number of nitrogens with one attached hydrogen (secondary N) is 1. The van der Waals surface area contributed by atoms with Gasteiger partial charge in [-0.2, -0.15) is 5.26 Å². The van der Waals surface area contributed by atoms with Gasteiger partial charge in [-0.15, -0.1) is 0 Å². The summed E-state index contributed by atoms with van der Waals surface area (Å²) in [6.45, 7) is 2.74. The molecular weight excluding hydrogens is 292 g/mol. The molecule has 0 aliphatic carbocycles. The Morgan fingerprint density at radius 2 is 2.22 bits per heavy atom. The summed E-state index contributed by atoms with van der Waals surface area (Å²) < 4.78 is 6.21. The second kappa shape index (κ2) is 5.85. The molecule has 1 atom stereocenters. The van der Waals surface area contributed by atoms with Crippen molar-refractivity contribution in [1.82, 2.24) is 5.32 Å². The predicted octanol–water partition coefficient (Wildman–Crippen LogP) is 3.76. The minimum absolute atomic E-state index is 0.127. The van der Waals surface area contributed by atoms with Crippen molar-refractivity contribution in [1.29, 1.82) is 5.26 Å². The van der Waals surface area contributed by atoms with Gasteiger partial charge in [-0.25, -0.2) is 0 Å². The van der Waals surface area contributed by atoms with Crippen LogP contribution in [0.2, 0.25) is 0 Å². The van der Waals surface area contributed by atoms with Crippen LogP contribution in [0.3, 0.4) is 0 Å². The average Bonchev–Trinajstić information content (AvgIpc) is 2.83. The van der Waals surface area contributed by atoms with Crippen molar-refractivity contribution in [3.8, 4) is 6.07 Å². The van der Waals surface area contributed by atoms with Crippen molar-refractivity contribution in [2.45, 2.75) is 19.5 Å². The lowest BCUT2D eigenvalue weighted by molar-refractivity contribution is 0.418. The highest BCUT2D eigenvalue weighted by molar-refractivity contribution is 9.10.